The Morgan fingerprint density at radius 2 is 1.94 bits per heavy atom. The maximum atomic E-state index is 3.60. The summed E-state index contributed by atoms with van der Waals surface area (Å²) in [5.41, 5.74) is 2.64. The highest BCUT2D eigenvalue weighted by Gasteiger charge is 2.16. The summed E-state index contributed by atoms with van der Waals surface area (Å²) in [6, 6.07) is 11.0. The van der Waals surface area contributed by atoms with Crippen molar-refractivity contribution >= 4 is 27.3 Å². The summed E-state index contributed by atoms with van der Waals surface area (Å²) in [4.78, 5) is 2.72. The molecule has 17 heavy (non-hydrogen) atoms. The molecule has 1 N–H and O–H groups in total. The van der Waals surface area contributed by atoms with Gasteiger partial charge in [0.15, 0.2) is 0 Å². The SMILES string of the molecule is CNC(c1ccc(C)s1)c1cccc(Br)c1C. The zero-order valence-electron chi connectivity index (χ0n) is 10.3. The van der Waals surface area contributed by atoms with Crippen LogP contribution in [0.15, 0.2) is 34.8 Å². The van der Waals surface area contributed by atoms with Crippen LogP contribution in [0, 0.1) is 13.8 Å². The Morgan fingerprint density at radius 3 is 2.53 bits per heavy atom. The topological polar surface area (TPSA) is 12.0 Å². The van der Waals surface area contributed by atoms with Crippen LogP contribution in [0.1, 0.15) is 26.9 Å². The fraction of sp³-hybridized carbons (Fsp3) is 0.286. The zero-order chi connectivity index (χ0) is 12.4. The van der Waals surface area contributed by atoms with Crippen LogP contribution in [0.2, 0.25) is 0 Å². The molecule has 0 spiro atoms. The first-order valence-corrected chi connectivity index (χ1v) is 7.23. The summed E-state index contributed by atoms with van der Waals surface area (Å²) in [7, 11) is 2.01. The van der Waals surface area contributed by atoms with E-state index in [0.717, 1.165) is 0 Å². The first-order valence-electron chi connectivity index (χ1n) is 5.62. The molecule has 1 heterocycles. The van der Waals surface area contributed by atoms with E-state index in [1.54, 1.807) is 0 Å². The molecule has 0 fully saturated rings. The van der Waals surface area contributed by atoms with E-state index < -0.39 is 0 Å². The zero-order valence-corrected chi connectivity index (χ0v) is 12.7. The molecular formula is C14H16BrNS. The van der Waals surface area contributed by atoms with Crippen molar-refractivity contribution in [1.82, 2.24) is 5.32 Å². The molecule has 90 valence electrons. The van der Waals surface area contributed by atoms with Crippen LogP contribution in [0.4, 0.5) is 0 Å². The average Bonchev–Trinajstić information content (AvgIpc) is 2.72. The van der Waals surface area contributed by atoms with Gasteiger partial charge in [-0.15, -0.1) is 11.3 Å². The van der Waals surface area contributed by atoms with Crippen molar-refractivity contribution in [3.05, 3.63) is 55.7 Å². The van der Waals surface area contributed by atoms with Gasteiger partial charge >= 0.3 is 0 Å². The Kier molecular flexibility index (Phi) is 4.02. The van der Waals surface area contributed by atoms with E-state index in [4.69, 9.17) is 0 Å². The predicted molar refractivity (Wildman–Crippen MR) is 78.8 cm³/mol. The number of benzene rings is 1. The van der Waals surface area contributed by atoms with Gasteiger partial charge in [0.05, 0.1) is 6.04 Å². The first kappa shape index (κ1) is 12.8. The number of hydrogen-bond acceptors (Lipinski definition) is 2. The Bertz CT molecular complexity index is 519. The lowest BCUT2D eigenvalue weighted by atomic mass is 10.0. The molecule has 0 radical (unpaired) electrons. The van der Waals surface area contributed by atoms with Crippen molar-refractivity contribution in [3.63, 3.8) is 0 Å². The summed E-state index contributed by atoms with van der Waals surface area (Å²) >= 11 is 5.45. The fourth-order valence-corrected chi connectivity index (χ4v) is 3.38. The largest absolute Gasteiger partial charge is 0.309 e. The van der Waals surface area contributed by atoms with Gasteiger partial charge in [0.1, 0.15) is 0 Å². The minimum Gasteiger partial charge on any atom is -0.309 e. The summed E-state index contributed by atoms with van der Waals surface area (Å²) in [5, 5.41) is 3.41. The molecule has 0 aliphatic heterocycles. The summed E-state index contributed by atoms with van der Waals surface area (Å²) in [6.07, 6.45) is 0. The second kappa shape index (κ2) is 5.34. The highest BCUT2D eigenvalue weighted by Crippen LogP contribution is 2.32. The highest BCUT2D eigenvalue weighted by molar-refractivity contribution is 9.10. The van der Waals surface area contributed by atoms with E-state index in [9.17, 15) is 0 Å². The fourth-order valence-electron chi connectivity index (χ4n) is 2.00. The molecule has 2 aromatic rings. The molecule has 0 aliphatic rings. The number of thiophene rings is 1. The lowest BCUT2D eigenvalue weighted by Crippen LogP contribution is -2.17. The standard InChI is InChI=1S/C14H16BrNS/c1-9-7-8-13(17-9)14(16-3)11-5-4-6-12(15)10(11)2/h4-8,14,16H,1-3H3. The lowest BCUT2D eigenvalue weighted by molar-refractivity contribution is 0.699. The van der Waals surface area contributed by atoms with Crippen molar-refractivity contribution < 1.29 is 0 Å². The Morgan fingerprint density at radius 1 is 1.18 bits per heavy atom. The molecule has 0 aliphatic carbocycles. The summed E-state index contributed by atoms with van der Waals surface area (Å²) in [5.74, 6) is 0. The Hall–Kier alpha value is -0.640. The van der Waals surface area contributed by atoms with Gasteiger partial charge in [-0.1, -0.05) is 28.1 Å². The van der Waals surface area contributed by atoms with Crippen molar-refractivity contribution in [3.8, 4) is 0 Å². The van der Waals surface area contributed by atoms with Gasteiger partial charge in [-0.05, 0) is 50.2 Å². The molecule has 2 rings (SSSR count). The minimum atomic E-state index is 0.284. The van der Waals surface area contributed by atoms with E-state index in [1.165, 1.54) is 25.4 Å². The van der Waals surface area contributed by atoms with Crippen LogP contribution >= 0.6 is 27.3 Å². The number of nitrogens with one attached hydrogen (secondary N) is 1. The van der Waals surface area contributed by atoms with Crippen LogP contribution in [0.3, 0.4) is 0 Å². The molecule has 0 saturated heterocycles. The normalized spacial score (nSPS) is 12.7. The number of halogens is 1. The third-order valence-electron chi connectivity index (χ3n) is 2.95. The predicted octanol–water partition coefficient (Wildman–Crippen LogP) is 4.44. The molecule has 1 unspecified atom stereocenters. The van der Waals surface area contributed by atoms with Gasteiger partial charge in [0, 0.05) is 14.2 Å². The molecular weight excluding hydrogens is 294 g/mol. The maximum Gasteiger partial charge on any atom is 0.0671 e. The van der Waals surface area contributed by atoms with Crippen molar-refractivity contribution in [2.75, 3.05) is 7.05 Å². The van der Waals surface area contributed by atoms with Crippen LogP contribution in [0.25, 0.3) is 0 Å². The summed E-state index contributed by atoms with van der Waals surface area (Å²) < 4.78 is 1.17. The summed E-state index contributed by atoms with van der Waals surface area (Å²) in [6.45, 7) is 4.30. The quantitative estimate of drug-likeness (QED) is 0.884. The minimum absolute atomic E-state index is 0.284. The number of rotatable bonds is 3. The van der Waals surface area contributed by atoms with Gasteiger partial charge in [0.25, 0.3) is 0 Å². The van der Waals surface area contributed by atoms with Crippen molar-refractivity contribution in [2.24, 2.45) is 0 Å². The van der Waals surface area contributed by atoms with E-state index >= 15 is 0 Å². The maximum absolute atomic E-state index is 3.60. The van der Waals surface area contributed by atoms with E-state index in [1.807, 2.05) is 18.4 Å². The van der Waals surface area contributed by atoms with E-state index in [0.29, 0.717) is 0 Å². The Labute approximate surface area is 115 Å². The number of aryl methyl sites for hydroxylation is 1. The van der Waals surface area contributed by atoms with Crippen LogP contribution in [-0.2, 0) is 0 Å². The second-order valence-electron chi connectivity index (χ2n) is 4.12. The average molecular weight is 310 g/mol. The number of hydrogen-bond donors (Lipinski definition) is 1. The van der Waals surface area contributed by atoms with Gasteiger partial charge in [-0.25, -0.2) is 0 Å². The molecule has 3 heteroatoms. The first-order chi connectivity index (χ1) is 8.13. The van der Waals surface area contributed by atoms with Crippen molar-refractivity contribution in [1.29, 1.82) is 0 Å². The van der Waals surface area contributed by atoms with Crippen LogP contribution in [-0.4, -0.2) is 7.05 Å². The van der Waals surface area contributed by atoms with E-state index in [2.05, 4.69) is 65.4 Å². The van der Waals surface area contributed by atoms with Gasteiger partial charge in [0.2, 0.25) is 0 Å². The van der Waals surface area contributed by atoms with E-state index in [-0.39, 0.29) is 6.04 Å². The van der Waals surface area contributed by atoms with Crippen LogP contribution < -0.4 is 5.32 Å². The third kappa shape index (κ3) is 2.62. The molecule has 1 atom stereocenters. The van der Waals surface area contributed by atoms with Gasteiger partial charge < -0.3 is 5.32 Å². The smallest absolute Gasteiger partial charge is 0.0671 e. The lowest BCUT2D eigenvalue weighted by Gasteiger charge is -2.18. The molecule has 0 amide bonds. The van der Waals surface area contributed by atoms with Gasteiger partial charge in [-0.2, -0.15) is 0 Å². The molecule has 1 nitrogen and oxygen atoms in total. The van der Waals surface area contributed by atoms with Gasteiger partial charge in [-0.3, -0.25) is 0 Å². The second-order valence-corrected chi connectivity index (χ2v) is 6.30. The molecule has 0 bridgehead atoms. The molecule has 1 aromatic heterocycles. The highest BCUT2D eigenvalue weighted by atomic mass is 79.9. The third-order valence-corrected chi connectivity index (χ3v) is 4.88. The monoisotopic (exact) mass is 309 g/mol. The molecule has 1 aromatic carbocycles. The van der Waals surface area contributed by atoms with Crippen LogP contribution in [0.5, 0.6) is 0 Å². The molecule has 0 saturated carbocycles. The van der Waals surface area contributed by atoms with Crippen molar-refractivity contribution in [2.45, 2.75) is 19.9 Å². The Balaban J connectivity index is 2.45.